The molecule has 0 unspecified atom stereocenters. The zero-order valence-electron chi connectivity index (χ0n) is 13.6. The number of rotatable bonds is 9. The summed E-state index contributed by atoms with van der Waals surface area (Å²) in [4.78, 5) is 10.5. The lowest BCUT2D eigenvalue weighted by atomic mass is 10.3. The van der Waals surface area contributed by atoms with Gasteiger partial charge in [0.1, 0.15) is 5.15 Å². The van der Waals surface area contributed by atoms with Crippen molar-refractivity contribution >= 4 is 17.6 Å². The van der Waals surface area contributed by atoms with E-state index in [0.29, 0.717) is 11.7 Å². The van der Waals surface area contributed by atoms with Gasteiger partial charge in [0.2, 0.25) is 0 Å². The standard InChI is InChI=1S/C15H26ClN5O/c1-17-15(18-7-9-21(2)8-4-10-22-3)20-12-13-5-6-14(16)19-11-13/h5-6,11H,4,7-10,12H2,1-3H3,(H2,17,18,20). The average Bonchev–Trinajstić information content (AvgIpc) is 2.52. The van der Waals surface area contributed by atoms with Crippen LogP contribution in [-0.2, 0) is 11.3 Å². The van der Waals surface area contributed by atoms with Crippen LogP contribution in [0.25, 0.3) is 0 Å². The largest absolute Gasteiger partial charge is 0.385 e. The number of likely N-dealkylation sites (N-methyl/N-ethyl adjacent to an activating group) is 1. The summed E-state index contributed by atoms with van der Waals surface area (Å²) >= 11 is 5.77. The van der Waals surface area contributed by atoms with Crippen molar-refractivity contribution in [3.63, 3.8) is 0 Å². The second-order valence-electron chi connectivity index (χ2n) is 4.99. The SMILES string of the molecule is CN=C(NCCN(C)CCCOC)NCc1ccc(Cl)nc1. The first-order chi connectivity index (χ1) is 10.7. The van der Waals surface area contributed by atoms with Gasteiger partial charge < -0.3 is 20.3 Å². The van der Waals surface area contributed by atoms with Crippen LogP contribution in [0.4, 0.5) is 0 Å². The maximum absolute atomic E-state index is 5.77. The molecule has 0 aromatic carbocycles. The first-order valence-electron chi connectivity index (χ1n) is 7.38. The fraction of sp³-hybridized carbons (Fsp3) is 0.600. The topological polar surface area (TPSA) is 61.8 Å². The Labute approximate surface area is 137 Å². The Balaban J connectivity index is 2.21. The Hall–Kier alpha value is -1.37. The van der Waals surface area contributed by atoms with Crippen molar-refractivity contribution in [3.8, 4) is 0 Å². The van der Waals surface area contributed by atoms with Gasteiger partial charge in [-0.15, -0.1) is 0 Å². The lowest BCUT2D eigenvalue weighted by molar-refractivity contribution is 0.180. The zero-order chi connectivity index (χ0) is 16.2. The van der Waals surface area contributed by atoms with E-state index in [9.17, 15) is 0 Å². The van der Waals surface area contributed by atoms with Crippen molar-refractivity contribution in [2.24, 2.45) is 4.99 Å². The molecule has 6 nitrogen and oxygen atoms in total. The minimum atomic E-state index is 0.503. The summed E-state index contributed by atoms with van der Waals surface area (Å²) in [6.45, 7) is 4.27. The normalized spacial score (nSPS) is 11.8. The van der Waals surface area contributed by atoms with E-state index in [4.69, 9.17) is 16.3 Å². The van der Waals surface area contributed by atoms with E-state index >= 15 is 0 Å². The molecular weight excluding hydrogens is 302 g/mol. The predicted octanol–water partition coefficient (Wildman–Crippen LogP) is 1.37. The third-order valence-corrected chi connectivity index (χ3v) is 3.37. The van der Waals surface area contributed by atoms with Crippen molar-refractivity contribution in [2.75, 3.05) is 47.4 Å². The van der Waals surface area contributed by atoms with Gasteiger partial charge in [0.25, 0.3) is 0 Å². The highest BCUT2D eigenvalue weighted by Gasteiger charge is 2.01. The molecule has 0 aliphatic rings. The first kappa shape index (κ1) is 18.7. The molecule has 0 aliphatic carbocycles. The van der Waals surface area contributed by atoms with Gasteiger partial charge in [0.15, 0.2) is 5.96 Å². The second kappa shape index (κ2) is 11.2. The van der Waals surface area contributed by atoms with Gasteiger partial charge in [-0.1, -0.05) is 17.7 Å². The minimum Gasteiger partial charge on any atom is -0.385 e. The molecule has 7 heteroatoms. The Morgan fingerprint density at radius 2 is 2.18 bits per heavy atom. The molecular formula is C15H26ClN5O. The maximum Gasteiger partial charge on any atom is 0.191 e. The number of hydrogen-bond acceptors (Lipinski definition) is 4. The summed E-state index contributed by atoms with van der Waals surface area (Å²) in [6, 6.07) is 3.73. The number of aliphatic imine (C=N–C) groups is 1. The van der Waals surface area contributed by atoms with Gasteiger partial charge in [0, 0.05) is 53.1 Å². The average molecular weight is 328 g/mol. The number of halogens is 1. The Morgan fingerprint density at radius 1 is 1.36 bits per heavy atom. The van der Waals surface area contributed by atoms with Crippen LogP contribution in [0.1, 0.15) is 12.0 Å². The molecule has 2 N–H and O–H groups in total. The molecule has 124 valence electrons. The van der Waals surface area contributed by atoms with Gasteiger partial charge in [0.05, 0.1) is 0 Å². The summed E-state index contributed by atoms with van der Waals surface area (Å²) in [5.41, 5.74) is 1.06. The number of guanidine groups is 1. The highest BCUT2D eigenvalue weighted by atomic mass is 35.5. The fourth-order valence-corrected chi connectivity index (χ4v) is 1.98. The van der Waals surface area contributed by atoms with E-state index in [0.717, 1.165) is 44.2 Å². The summed E-state index contributed by atoms with van der Waals surface area (Å²) < 4.78 is 5.05. The Morgan fingerprint density at radius 3 is 2.82 bits per heavy atom. The summed E-state index contributed by atoms with van der Waals surface area (Å²) in [7, 11) is 5.60. The van der Waals surface area contributed by atoms with E-state index in [1.807, 2.05) is 6.07 Å². The zero-order valence-corrected chi connectivity index (χ0v) is 14.4. The van der Waals surface area contributed by atoms with E-state index in [2.05, 4.69) is 32.6 Å². The molecule has 0 fully saturated rings. The minimum absolute atomic E-state index is 0.503. The molecule has 1 heterocycles. The first-order valence-corrected chi connectivity index (χ1v) is 7.76. The van der Waals surface area contributed by atoms with Crippen molar-refractivity contribution in [2.45, 2.75) is 13.0 Å². The smallest absolute Gasteiger partial charge is 0.191 e. The third kappa shape index (κ3) is 8.17. The van der Waals surface area contributed by atoms with Crippen molar-refractivity contribution < 1.29 is 4.74 Å². The summed E-state index contributed by atoms with van der Waals surface area (Å²) in [5, 5.41) is 7.04. The summed E-state index contributed by atoms with van der Waals surface area (Å²) in [5.74, 6) is 0.778. The van der Waals surface area contributed by atoms with Crippen LogP contribution >= 0.6 is 11.6 Å². The van der Waals surface area contributed by atoms with Gasteiger partial charge in [-0.3, -0.25) is 4.99 Å². The summed E-state index contributed by atoms with van der Waals surface area (Å²) in [6.07, 6.45) is 2.80. The quantitative estimate of drug-likeness (QED) is 0.310. The Kier molecular flexibility index (Phi) is 9.54. The van der Waals surface area contributed by atoms with E-state index in [-0.39, 0.29) is 0 Å². The number of aromatic nitrogens is 1. The number of nitrogens with one attached hydrogen (secondary N) is 2. The van der Waals surface area contributed by atoms with Crippen LogP contribution in [0.15, 0.2) is 23.3 Å². The lowest BCUT2D eigenvalue weighted by Gasteiger charge is -2.18. The third-order valence-electron chi connectivity index (χ3n) is 3.15. The van der Waals surface area contributed by atoms with Crippen molar-refractivity contribution in [1.82, 2.24) is 20.5 Å². The Bertz CT molecular complexity index is 438. The van der Waals surface area contributed by atoms with E-state index in [1.54, 1.807) is 26.4 Å². The molecule has 22 heavy (non-hydrogen) atoms. The van der Waals surface area contributed by atoms with Crippen LogP contribution < -0.4 is 10.6 Å². The monoisotopic (exact) mass is 327 g/mol. The molecule has 1 aromatic heterocycles. The molecule has 0 saturated heterocycles. The van der Waals surface area contributed by atoms with Gasteiger partial charge in [-0.05, 0) is 25.1 Å². The molecule has 0 bridgehead atoms. The highest BCUT2D eigenvalue weighted by Crippen LogP contribution is 2.04. The molecule has 0 radical (unpaired) electrons. The van der Waals surface area contributed by atoms with E-state index < -0.39 is 0 Å². The number of methoxy groups -OCH3 is 1. The molecule has 1 aromatic rings. The van der Waals surface area contributed by atoms with Crippen LogP contribution in [0.5, 0.6) is 0 Å². The van der Waals surface area contributed by atoms with Crippen molar-refractivity contribution in [3.05, 3.63) is 29.0 Å². The second-order valence-corrected chi connectivity index (χ2v) is 5.38. The van der Waals surface area contributed by atoms with Crippen molar-refractivity contribution in [1.29, 1.82) is 0 Å². The lowest BCUT2D eigenvalue weighted by Crippen LogP contribution is -2.40. The number of nitrogens with zero attached hydrogens (tertiary/aromatic N) is 3. The fourth-order valence-electron chi connectivity index (χ4n) is 1.87. The highest BCUT2D eigenvalue weighted by molar-refractivity contribution is 6.29. The molecule has 1 rings (SSSR count). The molecule has 0 atom stereocenters. The van der Waals surface area contributed by atoms with Crippen LogP contribution in [0.2, 0.25) is 5.15 Å². The van der Waals surface area contributed by atoms with Gasteiger partial charge in [-0.2, -0.15) is 0 Å². The number of ether oxygens (including phenoxy) is 1. The number of hydrogen-bond donors (Lipinski definition) is 2. The predicted molar refractivity (Wildman–Crippen MR) is 91.4 cm³/mol. The molecule has 0 saturated carbocycles. The maximum atomic E-state index is 5.77. The number of pyridine rings is 1. The van der Waals surface area contributed by atoms with Crippen LogP contribution in [-0.4, -0.2) is 63.3 Å². The molecule has 0 aliphatic heterocycles. The van der Waals surface area contributed by atoms with Gasteiger partial charge >= 0.3 is 0 Å². The van der Waals surface area contributed by atoms with E-state index in [1.165, 1.54) is 0 Å². The molecule has 0 spiro atoms. The van der Waals surface area contributed by atoms with Gasteiger partial charge in [-0.25, -0.2) is 4.98 Å². The van der Waals surface area contributed by atoms with Crippen LogP contribution in [0, 0.1) is 0 Å². The molecule has 0 amide bonds. The van der Waals surface area contributed by atoms with Crippen LogP contribution in [0.3, 0.4) is 0 Å².